The molecule has 0 radical (unpaired) electrons. The van der Waals surface area contributed by atoms with E-state index >= 15 is 0 Å². The number of carbonyl (C=O) groups is 1. The second kappa shape index (κ2) is 9.64. The summed E-state index contributed by atoms with van der Waals surface area (Å²) in [7, 11) is 0. The van der Waals surface area contributed by atoms with Crippen LogP contribution in [0.3, 0.4) is 0 Å². The van der Waals surface area contributed by atoms with E-state index < -0.39 is 11.7 Å². The summed E-state index contributed by atoms with van der Waals surface area (Å²) in [5, 5.41) is 3.19. The summed E-state index contributed by atoms with van der Waals surface area (Å²) >= 11 is 0. The van der Waals surface area contributed by atoms with Gasteiger partial charge in [-0.1, -0.05) is 19.3 Å². The van der Waals surface area contributed by atoms with E-state index in [1.54, 1.807) is 24.5 Å². The molecule has 5 rings (SSSR count). The highest BCUT2D eigenvalue weighted by molar-refractivity contribution is 5.83. The second-order valence-corrected chi connectivity index (χ2v) is 9.41. The van der Waals surface area contributed by atoms with E-state index in [-0.39, 0.29) is 31.0 Å². The first-order chi connectivity index (χ1) is 16.5. The quantitative estimate of drug-likeness (QED) is 0.567. The van der Waals surface area contributed by atoms with Crippen LogP contribution in [-0.4, -0.2) is 40.1 Å². The lowest BCUT2D eigenvalue weighted by Crippen LogP contribution is -2.51. The molecule has 1 saturated heterocycles. The highest BCUT2D eigenvalue weighted by atomic mass is 19.1. The molecule has 0 atom stereocenters. The minimum atomic E-state index is -0.756. The molecule has 0 spiro atoms. The fraction of sp³-hybridized carbons (Fsp3) is 0.423. The summed E-state index contributed by atoms with van der Waals surface area (Å²) in [6.45, 7) is 2.33. The van der Waals surface area contributed by atoms with Gasteiger partial charge in [-0.05, 0) is 56.2 Å². The Hall–Kier alpha value is -3.10. The van der Waals surface area contributed by atoms with Crippen LogP contribution in [0.4, 0.5) is 4.39 Å². The van der Waals surface area contributed by atoms with Crippen molar-refractivity contribution in [2.75, 3.05) is 13.2 Å². The zero-order chi connectivity index (χ0) is 23.5. The van der Waals surface area contributed by atoms with Crippen LogP contribution in [0.25, 0.3) is 22.5 Å². The number of pyridine rings is 1. The number of imidazole rings is 1. The number of rotatable bonds is 5. The Morgan fingerprint density at radius 2 is 1.71 bits per heavy atom. The molecule has 34 heavy (non-hydrogen) atoms. The number of halogens is 1. The average molecular weight is 465 g/mol. The number of ether oxygens (including phenoxy) is 2. The Morgan fingerprint density at radius 3 is 2.38 bits per heavy atom. The molecule has 1 saturated carbocycles. The van der Waals surface area contributed by atoms with Gasteiger partial charge in [0, 0.05) is 29.6 Å². The Morgan fingerprint density at radius 1 is 1.03 bits per heavy atom. The van der Waals surface area contributed by atoms with Gasteiger partial charge in [-0.2, -0.15) is 0 Å². The molecule has 0 bridgehead atoms. The Balaban J connectivity index is 1.34. The molecule has 7 nitrogen and oxygen atoms in total. The normalized spacial score (nSPS) is 23.5. The van der Waals surface area contributed by atoms with E-state index in [0.29, 0.717) is 11.5 Å². The fourth-order valence-corrected chi connectivity index (χ4v) is 4.55. The van der Waals surface area contributed by atoms with Gasteiger partial charge >= 0.3 is 0 Å². The molecule has 1 amide bonds. The van der Waals surface area contributed by atoms with Crippen molar-refractivity contribution >= 4 is 5.91 Å². The van der Waals surface area contributed by atoms with E-state index in [1.165, 1.54) is 18.6 Å². The van der Waals surface area contributed by atoms with Crippen molar-refractivity contribution in [2.45, 2.75) is 51.4 Å². The van der Waals surface area contributed by atoms with Crippen LogP contribution in [0.5, 0.6) is 0 Å². The molecule has 178 valence electrons. The van der Waals surface area contributed by atoms with Crippen LogP contribution in [0.1, 0.15) is 51.1 Å². The topological polar surface area (TPSA) is 89.1 Å². The minimum Gasteiger partial charge on any atom is -0.353 e. The number of benzene rings is 1. The summed E-state index contributed by atoms with van der Waals surface area (Å²) < 4.78 is 25.5. The van der Waals surface area contributed by atoms with Gasteiger partial charge in [0.05, 0.1) is 30.0 Å². The first-order valence-corrected chi connectivity index (χ1v) is 11.8. The standard InChI is InChI=1S/C26H29FN4O3/c1-26(25(32)29-20-5-3-2-4-6-20)15-33-24(34-16-26)23-30-21(17-7-9-19(27)10-8-17)22(31-23)18-11-13-28-14-12-18/h7-14,20,24H,2-6,15-16H2,1H3,(H,29,32)(H,30,31). The van der Waals surface area contributed by atoms with Crippen molar-refractivity contribution in [2.24, 2.45) is 5.41 Å². The average Bonchev–Trinajstić information content (AvgIpc) is 3.31. The lowest BCUT2D eigenvalue weighted by atomic mass is 9.89. The zero-order valence-electron chi connectivity index (χ0n) is 19.2. The third kappa shape index (κ3) is 4.74. The lowest BCUT2D eigenvalue weighted by molar-refractivity contribution is -0.231. The fourth-order valence-electron chi connectivity index (χ4n) is 4.55. The van der Waals surface area contributed by atoms with Crippen molar-refractivity contribution in [1.82, 2.24) is 20.3 Å². The largest absolute Gasteiger partial charge is 0.353 e. The SMILES string of the molecule is CC1(C(=O)NC2CCCCC2)COC(c2nc(-c3ccc(F)cc3)c(-c3ccncc3)[nH]2)OC1. The molecule has 2 aliphatic rings. The number of nitrogens with zero attached hydrogens (tertiary/aromatic N) is 2. The molecule has 1 aromatic carbocycles. The van der Waals surface area contributed by atoms with Gasteiger partial charge in [0.2, 0.25) is 12.2 Å². The van der Waals surface area contributed by atoms with Gasteiger partial charge in [0.25, 0.3) is 0 Å². The molecular weight excluding hydrogens is 435 g/mol. The van der Waals surface area contributed by atoms with E-state index in [2.05, 4.69) is 15.3 Å². The smallest absolute Gasteiger partial charge is 0.230 e. The lowest BCUT2D eigenvalue weighted by Gasteiger charge is -2.37. The van der Waals surface area contributed by atoms with Crippen LogP contribution in [0, 0.1) is 11.2 Å². The number of hydrogen-bond donors (Lipinski definition) is 2. The monoisotopic (exact) mass is 464 g/mol. The van der Waals surface area contributed by atoms with Gasteiger partial charge in [0.1, 0.15) is 5.82 Å². The molecule has 3 heterocycles. The van der Waals surface area contributed by atoms with E-state index in [0.717, 1.165) is 42.5 Å². The highest BCUT2D eigenvalue weighted by Crippen LogP contribution is 2.36. The predicted octanol–water partition coefficient (Wildman–Crippen LogP) is 4.78. The Bertz CT molecular complexity index is 1120. The zero-order valence-corrected chi connectivity index (χ0v) is 19.2. The van der Waals surface area contributed by atoms with Gasteiger partial charge in [-0.25, -0.2) is 9.37 Å². The molecule has 1 aliphatic heterocycles. The van der Waals surface area contributed by atoms with Crippen LogP contribution >= 0.6 is 0 Å². The van der Waals surface area contributed by atoms with Crippen LogP contribution in [0.15, 0.2) is 48.8 Å². The number of carbonyl (C=O) groups excluding carboxylic acids is 1. The van der Waals surface area contributed by atoms with Gasteiger partial charge in [-0.15, -0.1) is 0 Å². The van der Waals surface area contributed by atoms with Crippen molar-refractivity contribution in [3.05, 3.63) is 60.4 Å². The van der Waals surface area contributed by atoms with Crippen LogP contribution in [-0.2, 0) is 14.3 Å². The number of hydrogen-bond acceptors (Lipinski definition) is 5. The molecule has 8 heteroatoms. The van der Waals surface area contributed by atoms with Crippen LogP contribution < -0.4 is 5.32 Å². The molecule has 2 fully saturated rings. The summed E-state index contributed by atoms with van der Waals surface area (Å²) in [5.74, 6) is 0.164. The Labute approximate surface area is 198 Å². The summed E-state index contributed by atoms with van der Waals surface area (Å²) in [5.41, 5.74) is 2.33. The summed E-state index contributed by atoms with van der Waals surface area (Å²) in [6.07, 6.45) is 8.29. The number of amides is 1. The predicted molar refractivity (Wildman–Crippen MR) is 125 cm³/mol. The van der Waals surface area contributed by atoms with Crippen molar-refractivity contribution in [3.63, 3.8) is 0 Å². The van der Waals surface area contributed by atoms with Gasteiger partial charge in [-0.3, -0.25) is 9.78 Å². The van der Waals surface area contributed by atoms with Crippen molar-refractivity contribution in [1.29, 1.82) is 0 Å². The van der Waals surface area contributed by atoms with Crippen LogP contribution in [0.2, 0.25) is 0 Å². The van der Waals surface area contributed by atoms with Gasteiger partial charge < -0.3 is 19.8 Å². The van der Waals surface area contributed by atoms with E-state index in [9.17, 15) is 9.18 Å². The number of aromatic amines is 1. The van der Waals surface area contributed by atoms with Crippen molar-refractivity contribution < 1.29 is 18.7 Å². The van der Waals surface area contributed by atoms with Crippen molar-refractivity contribution in [3.8, 4) is 22.5 Å². The van der Waals surface area contributed by atoms with E-state index in [4.69, 9.17) is 14.5 Å². The summed E-state index contributed by atoms with van der Waals surface area (Å²) in [6, 6.07) is 10.2. The molecule has 0 unspecified atom stereocenters. The maximum absolute atomic E-state index is 13.5. The number of H-pyrrole nitrogens is 1. The first kappa shape index (κ1) is 22.7. The number of aromatic nitrogens is 3. The Kier molecular flexibility index (Phi) is 6.43. The highest BCUT2D eigenvalue weighted by Gasteiger charge is 2.41. The summed E-state index contributed by atoms with van der Waals surface area (Å²) in [4.78, 5) is 25.1. The molecule has 2 N–H and O–H groups in total. The minimum absolute atomic E-state index is 0.0261. The maximum atomic E-state index is 13.5. The first-order valence-electron chi connectivity index (χ1n) is 11.8. The third-order valence-electron chi connectivity index (χ3n) is 6.63. The third-order valence-corrected chi connectivity index (χ3v) is 6.63. The second-order valence-electron chi connectivity index (χ2n) is 9.41. The molecule has 2 aromatic heterocycles. The van der Waals surface area contributed by atoms with E-state index in [1.807, 2.05) is 19.1 Å². The number of nitrogens with one attached hydrogen (secondary N) is 2. The maximum Gasteiger partial charge on any atom is 0.230 e. The van der Waals surface area contributed by atoms with Gasteiger partial charge in [0.15, 0.2) is 5.82 Å². The molecule has 1 aliphatic carbocycles. The molecular formula is C26H29FN4O3. The molecule has 3 aromatic rings.